The zero-order valence-electron chi connectivity index (χ0n) is 56.2. The van der Waals surface area contributed by atoms with Crippen molar-refractivity contribution in [3.63, 3.8) is 0 Å². The second-order valence-electron chi connectivity index (χ2n) is 24.6. The van der Waals surface area contributed by atoms with Gasteiger partial charge in [-0.2, -0.15) is 39.9 Å². The van der Waals surface area contributed by atoms with Crippen LogP contribution in [0.3, 0.4) is 0 Å². The van der Waals surface area contributed by atoms with Crippen LogP contribution in [-0.2, 0) is 0 Å². The first-order valence-corrected chi connectivity index (χ1v) is 35.4. The molecule has 19 rings (SSSR count). The Hall–Kier alpha value is -12.9. The minimum Gasteiger partial charge on any atom is -0.208 e. The maximum Gasteiger partial charge on any atom is 0.226 e. The molecule has 15 aromatic carbocycles. The molecular formula is C90H56Cl4N12. The number of nitrogens with zero attached hydrogens (tertiary/aromatic N) is 12. The number of halogens is 4. The van der Waals surface area contributed by atoms with Gasteiger partial charge in [0.15, 0.2) is 46.6 Å². The van der Waals surface area contributed by atoms with E-state index in [9.17, 15) is 0 Å². The molecule has 0 aliphatic rings. The first kappa shape index (κ1) is 67.5. The van der Waals surface area contributed by atoms with E-state index in [2.05, 4.69) is 201 Å². The molecule has 0 aliphatic heterocycles. The lowest BCUT2D eigenvalue weighted by Crippen LogP contribution is -1.98. The number of hydrogen-bond donors (Lipinski definition) is 0. The Bertz CT molecular complexity index is 6200. The summed E-state index contributed by atoms with van der Waals surface area (Å²) in [4.78, 5) is 53.5. The summed E-state index contributed by atoms with van der Waals surface area (Å²) in [6, 6.07) is 114. The second kappa shape index (κ2) is 30.9. The van der Waals surface area contributed by atoms with E-state index in [1.807, 2.05) is 188 Å². The maximum atomic E-state index is 6.29. The third kappa shape index (κ3) is 15.3. The van der Waals surface area contributed by atoms with E-state index in [1.54, 1.807) is 0 Å². The van der Waals surface area contributed by atoms with Gasteiger partial charge in [0, 0.05) is 44.5 Å². The summed E-state index contributed by atoms with van der Waals surface area (Å²) in [7, 11) is 0. The molecule has 0 saturated heterocycles. The first-order valence-electron chi connectivity index (χ1n) is 33.9. The number of aromatic nitrogens is 12. The largest absolute Gasteiger partial charge is 0.226 e. The molecule has 106 heavy (non-hydrogen) atoms. The highest BCUT2D eigenvalue weighted by atomic mass is 35.5. The maximum absolute atomic E-state index is 6.29. The summed E-state index contributed by atoms with van der Waals surface area (Å²) in [5.74, 6) is 4.59. The van der Waals surface area contributed by atoms with Gasteiger partial charge in [-0.25, -0.2) is 19.9 Å². The van der Waals surface area contributed by atoms with Gasteiger partial charge < -0.3 is 0 Å². The Balaban J connectivity index is 0.000000108. The number of hydrogen-bond acceptors (Lipinski definition) is 12. The second-order valence-corrected chi connectivity index (χ2v) is 25.9. The van der Waals surface area contributed by atoms with Gasteiger partial charge in [0.05, 0.1) is 0 Å². The average molecular weight is 1450 g/mol. The molecule has 4 heterocycles. The van der Waals surface area contributed by atoms with Gasteiger partial charge >= 0.3 is 0 Å². The summed E-state index contributed by atoms with van der Waals surface area (Å²) < 4.78 is 0. The normalized spacial score (nSPS) is 11.0. The summed E-state index contributed by atoms with van der Waals surface area (Å²) >= 11 is 24.9. The lowest BCUT2D eigenvalue weighted by molar-refractivity contribution is 1.07. The number of benzene rings is 15. The SMILES string of the molecule is Clc1nc(-c2ccc3ccccc3c2)nc(-c2ccc3ccccc3c2)n1.Clc1nc(-c2ccc3ccccc3c2)nc(-c2cccc3ccccc23)n1.Clc1nc(-c2cccc3ccccc23)nc(-c2cccc3ccccc23)n1.Clc1nc(-c2ccccc2)nc(-c2ccc(-c3ccccc3)cc2)n1. The van der Waals surface area contributed by atoms with E-state index in [0.717, 1.165) is 98.5 Å². The Morgan fingerprint density at radius 1 is 0.142 bits per heavy atom. The van der Waals surface area contributed by atoms with Gasteiger partial charge in [-0.05, 0) is 140 Å². The Kier molecular flexibility index (Phi) is 19.7. The fraction of sp³-hybridized carbons (Fsp3) is 0. The van der Waals surface area contributed by atoms with Gasteiger partial charge in [-0.3, -0.25) is 0 Å². The Morgan fingerprint density at radius 2 is 0.358 bits per heavy atom. The lowest BCUT2D eigenvalue weighted by atomic mass is 10.0. The topological polar surface area (TPSA) is 155 Å². The molecule has 0 unspecified atom stereocenters. The van der Waals surface area contributed by atoms with Crippen LogP contribution in [0.5, 0.6) is 0 Å². The van der Waals surface area contributed by atoms with Crippen molar-refractivity contribution in [2.24, 2.45) is 0 Å². The minimum atomic E-state index is 0.191. The van der Waals surface area contributed by atoms with Crippen molar-refractivity contribution in [1.29, 1.82) is 0 Å². The zero-order chi connectivity index (χ0) is 71.7. The van der Waals surface area contributed by atoms with Crippen LogP contribution in [0.15, 0.2) is 340 Å². The zero-order valence-corrected chi connectivity index (χ0v) is 59.2. The molecule has 0 N–H and O–H groups in total. The van der Waals surface area contributed by atoms with Gasteiger partial charge in [-0.15, -0.1) is 0 Å². The van der Waals surface area contributed by atoms with Crippen molar-refractivity contribution in [2.75, 3.05) is 0 Å². The van der Waals surface area contributed by atoms with Crippen molar-refractivity contribution < 1.29 is 0 Å². The highest BCUT2D eigenvalue weighted by Crippen LogP contribution is 2.35. The third-order valence-corrected chi connectivity index (χ3v) is 18.5. The summed E-state index contributed by atoms with van der Waals surface area (Å²) in [5, 5.41) is 14.4. The monoisotopic (exact) mass is 1440 g/mol. The van der Waals surface area contributed by atoms with E-state index in [1.165, 1.54) is 21.7 Å². The van der Waals surface area contributed by atoms with Crippen molar-refractivity contribution in [2.45, 2.75) is 0 Å². The standard InChI is InChI=1S/3C23H14ClN3.C21H14ClN3/c24-23-26-21(19-13-5-9-15-7-1-3-11-17(15)19)25-22(27-23)20-14-6-10-16-8-2-4-12-18(16)20;24-23-26-21(19-11-9-15-5-1-3-7-17(15)13-19)25-22(27-23)20-12-10-16-6-2-4-8-18(16)14-20;24-23-26-21(18-13-12-15-6-1-2-8-17(15)14-18)25-22(27-23)20-11-5-9-16-7-3-4-10-19(16)20;22-21-24-19(17-9-5-2-6-10-17)23-20(25-21)18-13-11-16(12-14-18)15-7-3-1-4-8-15/h3*1-14H;1-14H. The lowest BCUT2D eigenvalue weighted by Gasteiger charge is -2.09. The van der Waals surface area contributed by atoms with Gasteiger partial charge in [-0.1, -0.05) is 322 Å². The van der Waals surface area contributed by atoms with E-state index < -0.39 is 0 Å². The van der Waals surface area contributed by atoms with Crippen molar-refractivity contribution in [1.82, 2.24) is 59.8 Å². The van der Waals surface area contributed by atoms with Crippen molar-refractivity contribution in [3.05, 3.63) is 361 Å². The molecule has 0 radical (unpaired) electrons. The molecular weight excluding hydrogens is 1390 g/mol. The van der Waals surface area contributed by atoms with E-state index >= 15 is 0 Å². The van der Waals surface area contributed by atoms with Gasteiger partial charge in [0.1, 0.15) is 0 Å². The van der Waals surface area contributed by atoms with E-state index in [4.69, 9.17) is 56.4 Å². The van der Waals surface area contributed by atoms with Crippen LogP contribution in [0.4, 0.5) is 0 Å². The molecule has 0 amide bonds. The van der Waals surface area contributed by atoms with Crippen molar-refractivity contribution >= 4 is 111 Å². The average Bonchev–Trinajstić information content (AvgIpc) is 0.789. The van der Waals surface area contributed by atoms with Crippen LogP contribution in [0.1, 0.15) is 0 Å². The highest BCUT2D eigenvalue weighted by molar-refractivity contribution is 6.29. The fourth-order valence-electron chi connectivity index (χ4n) is 12.7. The third-order valence-electron chi connectivity index (χ3n) is 17.8. The molecule has 0 spiro atoms. The van der Waals surface area contributed by atoms with Crippen LogP contribution in [0.2, 0.25) is 21.1 Å². The molecule has 0 saturated carbocycles. The predicted octanol–water partition coefficient (Wildman–Crippen LogP) is 24.0. The van der Waals surface area contributed by atoms with Crippen LogP contribution >= 0.6 is 46.4 Å². The molecule has 0 atom stereocenters. The quantitative estimate of drug-likeness (QED) is 0.135. The summed E-state index contributed by atoms with van der Waals surface area (Å²) in [6.45, 7) is 0. The first-order chi connectivity index (χ1) is 52.1. The van der Waals surface area contributed by atoms with Gasteiger partial charge in [0.25, 0.3) is 0 Å². The fourth-order valence-corrected chi connectivity index (χ4v) is 13.3. The van der Waals surface area contributed by atoms with Crippen LogP contribution in [0.25, 0.3) is 167 Å². The highest BCUT2D eigenvalue weighted by Gasteiger charge is 2.17. The molecule has 19 aromatic rings. The molecule has 504 valence electrons. The molecule has 0 aliphatic carbocycles. The Morgan fingerprint density at radius 3 is 0.708 bits per heavy atom. The Labute approximate surface area is 629 Å². The predicted molar refractivity (Wildman–Crippen MR) is 433 cm³/mol. The number of rotatable bonds is 9. The summed E-state index contributed by atoms with van der Waals surface area (Å²) in [5.41, 5.74) is 9.72. The minimum absolute atomic E-state index is 0.191. The molecule has 0 bridgehead atoms. The van der Waals surface area contributed by atoms with Gasteiger partial charge in [0.2, 0.25) is 21.1 Å². The number of fused-ring (bicyclic) bond motifs is 6. The molecule has 16 heteroatoms. The van der Waals surface area contributed by atoms with E-state index in [0.29, 0.717) is 46.6 Å². The van der Waals surface area contributed by atoms with Crippen LogP contribution in [-0.4, -0.2) is 59.8 Å². The van der Waals surface area contributed by atoms with E-state index in [-0.39, 0.29) is 21.1 Å². The molecule has 12 nitrogen and oxygen atoms in total. The summed E-state index contributed by atoms with van der Waals surface area (Å²) in [6.07, 6.45) is 0. The van der Waals surface area contributed by atoms with Crippen molar-refractivity contribution in [3.8, 4) is 102 Å². The van der Waals surface area contributed by atoms with Crippen LogP contribution < -0.4 is 0 Å². The smallest absolute Gasteiger partial charge is 0.208 e. The van der Waals surface area contributed by atoms with Crippen LogP contribution in [0, 0.1) is 0 Å². The molecule has 4 aromatic heterocycles. The molecule has 0 fully saturated rings.